The SMILES string of the molecule is CCC(C)NC(=O)C(C)N(Cc1ccccc1F)C(=O)CN(c1cccc(Cl)c1)S(=O)(=O)c1ccc(OC)cc1. The van der Waals surface area contributed by atoms with Gasteiger partial charge in [0.1, 0.15) is 24.2 Å². The van der Waals surface area contributed by atoms with Crippen LogP contribution in [-0.4, -0.2) is 50.9 Å². The highest BCUT2D eigenvalue weighted by Crippen LogP contribution is 2.28. The number of benzene rings is 3. The van der Waals surface area contributed by atoms with E-state index in [1.165, 1.54) is 73.5 Å². The lowest BCUT2D eigenvalue weighted by Gasteiger charge is -2.32. The maximum Gasteiger partial charge on any atom is 0.264 e. The number of hydrogen-bond donors (Lipinski definition) is 1. The molecule has 3 rings (SSSR count). The number of hydrogen-bond acceptors (Lipinski definition) is 5. The summed E-state index contributed by atoms with van der Waals surface area (Å²) in [5.74, 6) is -1.23. The summed E-state index contributed by atoms with van der Waals surface area (Å²) in [6.07, 6.45) is 0.669. The van der Waals surface area contributed by atoms with Gasteiger partial charge in [-0.2, -0.15) is 0 Å². The summed E-state index contributed by atoms with van der Waals surface area (Å²) in [7, 11) is -2.82. The van der Waals surface area contributed by atoms with Crippen LogP contribution < -0.4 is 14.4 Å². The van der Waals surface area contributed by atoms with Gasteiger partial charge in [0, 0.05) is 23.2 Å². The standard InChI is InChI=1S/C29H33ClFN3O5S/c1-5-20(2)32-29(36)21(3)33(18-22-9-6-7-12-27(22)31)28(35)19-34(24-11-8-10-23(30)17-24)40(37,38)26-15-13-25(39-4)14-16-26/h6-17,20-21H,5,18-19H2,1-4H3,(H,32,36). The minimum Gasteiger partial charge on any atom is -0.497 e. The molecule has 0 aliphatic heterocycles. The quantitative estimate of drug-likeness (QED) is 0.320. The highest BCUT2D eigenvalue weighted by Gasteiger charge is 2.33. The van der Waals surface area contributed by atoms with Crippen LogP contribution in [0.2, 0.25) is 5.02 Å². The molecule has 11 heteroatoms. The second-order valence-corrected chi connectivity index (χ2v) is 11.6. The Morgan fingerprint density at radius 3 is 2.30 bits per heavy atom. The Morgan fingerprint density at radius 1 is 1.02 bits per heavy atom. The van der Waals surface area contributed by atoms with Crippen LogP contribution in [0.25, 0.3) is 0 Å². The molecule has 214 valence electrons. The minimum absolute atomic E-state index is 0.0794. The van der Waals surface area contributed by atoms with Gasteiger partial charge in [0.2, 0.25) is 11.8 Å². The molecule has 8 nitrogen and oxygen atoms in total. The number of ether oxygens (including phenoxy) is 1. The fourth-order valence-corrected chi connectivity index (χ4v) is 5.48. The first kappa shape index (κ1) is 30.9. The average molecular weight is 590 g/mol. The van der Waals surface area contributed by atoms with Gasteiger partial charge in [-0.05, 0) is 68.8 Å². The summed E-state index contributed by atoms with van der Waals surface area (Å²) in [4.78, 5) is 28.0. The van der Waals surface area contributed by atoms with E-state index in [2.05, 4.69) is 5.32 Å². The molecule has 0 bridgehead atoms. The van der Waals surface area contributed by atoms with Gasteiger partial charge in [-0.3, -0.25) is 13.9 Å². The Kier molecular flexibility index (Phi) is 10.5. The van der Waals surface area contributed by atoms with Crippen molar-refractivity contribution in [1.29, 1.82) is 0 Å². The normalized spacial score (nSPS) is 12.8. The third-order valence-corrected chi connectivity index (χ3v) is 8.51. The zero-order valence-corrected chi connectivity index (χ0v) is 24.4. The van der Waals surface area contributed by atoms with E-state index in [1.54, 1.807) is 18.2 Å². The van der Waals surface area contributed by atoms with Crippen LogP contribution in [0, 0.1) is 5.82 Å². The number of carbonyl (C=O) groups is 2. The van der Waals surface area contributed by atoms with Gasteiger partial charge in [0.25, 0.3) is 10.0 Å². The van der Waals surface area contributed by atoms with Gasteiger partial charge in [-0.25, -0.2) is 12.8 Å². The predicted octanol–water partition coefficient (Wildman–Crippen LogP) is 5.02. The smallest absolute Gasteiger partial charge is 0.264 e. The second kappa shape index (κ2) is 13.6. The van der Waals surface area contributed by atoms with Gasteiger partial charge in [0.05, 0.1) is 17.7 Å². The molecule has 0 aromatic heterocycles. The maximum atomic E-state index is 14.6. The summed E-state index contributed by atoms with van der Waals surface area (Å²) < 4.78 is 48.3. The number of nitrogens with one attached hydrogen (secondary N) is 1. The summed E-state index contributed by atoms with van der Waals surface area (Å²) in [5, 5.41) is 3.10. The van der Waals surface area contributed by atoms with Crippen LogP contribution in [-0.2, 0) is 26.2 Å². The summed E-state index contributed by atoms with van der Waals surface area (Å²) in [6.45, 7) is 4.36. The number of rotatable bonds is 12. The molecule has 0 saturated carbocycles. The number of nitrogens with zero attached hydrogens (tertiary/aromatic N) is 2. The van der Waals surface area contributed by atoms with Crippen molar-refractivity contribution in [1.82, 2.24) is 10.2 Å². The van der Waals surface area contributed by atoms with Crippen molar-refractivity contribution in [3.05, 3.63) is 89.2 Å². The van der Waals surface area contributed by atoms with Crippen molar-refractivity contribution in [2.45, 2.75) is 50.7 Å². The molecule has 2 unspecified atom stereocenters. The van der Waals surface area contributed by atoms with Crippen molar-refractivity contribution in [3.8, 4) is 5.75 Å². The first-order valence-corrected chi connectivity index (χ1v) is 14.5. The molecular weight excluding hydrogens is 557 g/mol. The molecule has 0 aliphatic carbocycles. The van der Waals surface area contributed by atoms with E-state index in [0.717, 1.165) is 4.31 Å². The largest absolute Gasteiger partial charge is 0.497 e. The number of anilines is 1. The summed E-state index contributed by atoms with van der Waals surface area (Å²) in [6, 6.07) is 16.6. The fraction of sp³-hybridized carbons (Fsp3) is 0.310. The lowest BCUT2D eigenvalue weighted by atomic mass is 10.1. The van der Waals surface area contributed by atoms with E-state index in [-0.39, 0.29) is 33.8 Å². The third kappa shape index (κ3) is 7.51. The minimum atomic E-state index is -4.28. The van der Waals surface area contributed by atoms with Crippen molar-refractivity contribution in [2.24, 2.45) is 0 Å². The molecule has 2 amide bonds. The lowest BCUT2D eigenvalue weighted by Crippen LogP contribution is -2.52. The zero-order valence-electron chi connectivity index (χ0n) is 22.8. The molecule has 0 aliphatic rings. The summed E-state index contributed by atoms with van der Waals surface area (Å²) in [5.41, 5.74) is 0.338. The lowest BCUT2D eigenvalue weighted by molar-refractivity contribution is -0.139. The topological polar surface area (TPSA) is 96.0 Å². The highest BCUT2D eigenvalue weighted by molar-refractivity contribution is 7.92. The first-order valence-electron chi connectivity index (χ1n) is 12.7. The second-order valence-electron chi connectivity index (χ2n) is 9.27. The Hall–Kier alpha value is -3.63. The van der Waals surface area contributed by atoms with E-state index in [0.29, 0.717) is 12.2 Å². The molecule has 0 saturated heterocycles. The van der Waals surface area contributed by atoms with Crippen molar-refractivity contribution >= 4 is 39.1 Å². The van der Waals surface area contributed by atoms with Crippen LogP contribution in [0.1, 0.15) is 32.8 Å². The number of amides is 2. The zero-order chi connectivity index (χ0) is 29.4. The van der Waals surface area contributed by atoms with Crippen LogP contribution in [0.3, 0.4) is 0 Å². The monoisotopic (exact) mass is 589 g/mol. The highest BCUT2D eigenvalue weighted by atomic mass is 35.5. The van der Waals surface area contributed by atoms with Crippen LogP contribution in [0.4, 0.5) is 10.1 Å². The van der Waals surface area contributed by atoms with E-state index >= 15 is 0 Å². The predicted molar refractivity (Wildman–Crippen MR) is 153 cm³/mol. The molecule has 0 spiro atoms. The van der Waals surface area contributed by atoms with Crippen molar-refractivity contribution in [2.75, 3.05) is 18.0 Å². The Morgan fingerprint density at radius 2 is 1.70 bits per heavy atom. The molecule has 2 atom stereocenters. The number of sulfonamides is 1. The molecule has 3 aromatic carbocycles. The number of halogens is 2. The van der Waals surface area contributed by atoms with Gasteiger partial charge in [-0.1, -0.05) is 42.8 Å². The van der Waals surface area contributed by atoms with Gasteiger partial charge < -0.3 is 15.0 Å². The van der Waals surface area contributed by atoms with Crippen molar-refractivity contribution in [3.63, 3.8) is 0 Å². The molecule has 1 N–H and O–H groups in total. The van der Waals surface area contributed by atoms with Gasteiger partial charge in [-0.15, -0.1) is 0 Å². The van der Waals surface area contributed by atoms with Crippen LogP contribution >= 0.6 is 11.6 Å². The van der Waals surface area contributed by atoms with E-state index in [1.807, 2.05) is 13.8 Å². The third-order valence-electron chi connectivity index (χ3n) is 6.49. The van der Waals surface area contributed by atoms with E-state index in [9.17, 15) is 22.4 Å². The molecule has 0 heterocycles. The fourth-order valence-electron chi connectivity index (χ4n) is 3.89. The van der Waals surface area contributed by atoms with E-state index in [4.69, 9.17) is 16.3 Å². The molecule has 0 radical (unpaired) electrons. The Balaban J connectivity index is 2.04. The Bertz CT molecular complexity index is 1440. The molecule has 0 fully saturated rings. The molecular formula is C29H33ClFN3O5S. The number of methoxy groups -OCH3 is 1. The first-order chi connectivity index (χ1) is 19.0. The van der Waals surface area contributed by atoms with Gasteiger partial charge >= 0.3 is 0 Å². The molecule has 3 aromatic rings. The van der Waals surface area contributed by atoms with Crippen LogP contribution in [0.15, 0.2) is 77.7 Å². The number of carbonyl (C=O) groups excluding carboxylic acids is 2. The summed E-state index contributed by atoms with van der Waals surface area (Å²) >= 11 is 6.17. The van der Waals surface area contributed by atoms with Gasteiger partial charge in [0.15, 0.2) is 0 Å². The maximum absolute atomic E-state index is 14.6. The Labute approximate surface area is 239 Å². The molecule has 40 heavy (non-hydrogen) atoms. The van der Waals surface area contributed by atoms with Crippen molar-refractivity contribution < 1.29 is 27.1 Å². The van der Waals surface area contributed by atoms with E-state index < -0.39 is 40.2 Å². The average Bonchev–Trinajstić information content (AvgIpc) is 2.94. The van der Waals surface area contributed by atoms with Crippen LogP contribution in [0.5, 0.6) is 5.75 Å².